The van der Waals surface area contributed by atoms with E-state index >= 15 is 0 Å². The Bertz CT molecular complexity index is 769. The van der Waals surface area contributed by atoms with Crippen LogP contribution in [0.5, 0.6) is 5.75 Å². The molecule has 0 unspecified atom stereocenters. The van der Waals surface area contributed by atoms with Gasteiger partial charge in [-0.05, 0) is 55.0 Å². The highest BCUT2D eigenvalue weighted by atomic mass is 16.5. The van der Waals surface area contributed by atoms with E-state index in [1.165, 1.54) is 17.5 Å². The van der Waals surface area contributed by atoms with Gasteiger partial charge in [-0.15, -0.1) is 0 Å². The van der Waals surface area contributed by atoms with E-state index in [4.69, 9.17) is 4.74 Å². The first-order valence-corrected chi connectivity index (χ1v) is 8.99. The van der Waals surface area contributed by atoms with Crippen molar-refractivity contribution >= 4 is 11.6 Å². The Morgan fingerprint density at radius 3 is 2.68 bits per heavy atom. The van der Waals surface area contributed by atoms with Gasteiger partial charge in [0, 0.05) is 12.2 Å². The molecule has 4 rings (SSSR count). The number of nitrogens with zero attached hydrogens (tertiary/aromatic N) is 1. The third kappa shape index (κ3) is 2.97. The fraction of sp³-hybridized carbons (Fsp3) is 0.381. The summed E-state index contributed by atoms with van der Waals surface area (Å²) in [6, 6.07) is 16.5. The lowest BCUT2D eigenvalue weighted by Gasteiger charge is -2.43. The number of anilines is 1. The van der Waals surface area contributed by atoms with E-state index in [2.05, 4.69) is 34.5 Å². The third-order valence-electron chi connectivity index (χ3n) is 5.53. The predicted octanol–water partition coefficient (Wildman–Crippen LogP) is 3.25. The van der Waals surface area contributed by atoms with E-state index < -0.39 is 0 Å². The summed E-state index contributed by atoms with van der Waals surface area (Å²) in [5.41, 5.74) is 3.47. The fourth-order valence-electron chi connectivity index (χ4n) is 3.99. The van der Waals surface area contributed by atoms with Crippen LogP contribution < -0.4 is 15.0 Å². The Morgan fingerprint density at radius 1 is 1.20 bits per heavy atom. The van der Waals surface area contributed by atoms with Gasteiger partial charge in [-0.2, -0.15) is 0 Å². The van der Waals surface area contributed by atoms with Crippen LogP contribution in [0.3, 0.4) is 0 Å². The maximum Gasteiger partial charge on any atom is 0.240 e. The van der Waals surface area contributed by atoms with Crippen molar-refractivity contribution in [1.29, 1.82) is 0 Å². The molecule has 0 spiro atoms. The molecule has 0 aromatic heterocycles. The summed E-state index contributed by atoms with van der Waals surface area (Å²) in [5, 5.41) is 3.32. The van der Waals surface area contributed by atoms with Crippen LogP contribution in [0.15, 0.2) is 48.5 Å². The monoisotopic (exact) mass is 336 g/mol. The quantitative estimate of drug-likeness (QED) is 0.911. The summed E-state index contributed by atoms with van der Waals surface area (Å²) in [4.78, 5) is 14.9. The second-order valence-electron chi connectivity index (χ2n) is 7.02. The van der Waals surface area contributed by atoms with Gasteiger partial charge in [-0.25, -0.2) is 0 Å². The molecule has 25 heavy (non-hydrogen) atoms. The van der Waals surface area contributed by atoms with Crippen molar-refractivity contribution in [2.24, 2.45) is 0 Å². The molecule has 0 radical (unpaired) electrons. The topological polar surface area (TPSA) is 41.6 Å². The van der Waals surface area contributed by atoms with Gasteiger partial charge >= 0.3 is 0 Å². The number of methoxy groups -OCH3 is 1. The van der Waals surface area contributed by atoms with Crippen molar-refractivity contribution in [1.82, 2.24) is 5.32 Å². The van der Waals surface area contributed by atoms with Gasteiger partial charge in [0.2, 0.25) is 5.91 Å². The van der Waals surface area contributed by atoms with Gasteiger partial charge in [0.05, 0.1) is 19.2 Å². The van der Waals surface area contributed by atoms with Crippen LogP contribution in [-0.4, -0.2) is 26.1 Å². The third-order valence-corrected chi connectivity index (χ3v) is 5.53. The molecular weight excluding hydrogens is 312 g/mol. The molecule has 130 valence electrons. The summed E-state index contributed by atoms with van der Waals surface area (Å²) < 4.78 is 5.29. The van der Waals surface area contributed by atoms with Crippen LogP contribution in [0.25, 0.3) is 0 Å². The second-order valence-corrected chi connectivity index (χ2v) is 7.02. The Labute approximate surface area is 148 Å². The lowest BCUT2D eigenvalue weighted by molar-refractivity contribution is -0.123. The van der Waals surface area contributed by atoms with Crippen LogP contribution >= 0.6 is 0 Å². The number of carbonyl (C=O) groups is 1. The number of benzene rings is 2. The SMILES string of the molecule is COc1ccc2c(c1)CCN2CC(=O)NC1(c2ccccc2)CCC1. The van der Waals surface area contributed by atoms with Gasteiger partial charge in [0.15, 0.2) is 0 Å². The van der Waals surface area contributed by atoms with Crippen molar-refractivity contribution in [3.05, 3.63) is 59.7 Å². The van der Waals surface area contributed by atoms with Crippen molar-refractivity contribution < 1.29 is 9.53 Å². The molecule has 1 aliphatic heterocycles. The maximum atomic E-state index is 12.7. The highest BCUT2D eigenvalue weighted by Crippen LogP contribution is 2.41. The standard InChI is InChI=1S/C21H24N2O2/c1-25-18-8-9-19-16(14-18)10-13-23(19)15-20(24)22-21(11-5-12-21)17-6-3-2-4-7-17/h2-4,6-9,14H,5,10-13,15H2,1H3,(H,22,24). The molecule has 1 fully saturated rings. The van der Waals surface area contributed by atoms with Crippen molar-refractivity contribution in [2.45, 2.75) is 31.2 Å². The zero-order chi connectivity index (χ0) is 17.3. The molecule has 1 N–H and O–H groups in total. The smallest absolute Gasteiger partial charge is 0.240 e. The van der Waals surface area contributed by atoms with E-state index in [0.29, 0.717) is 6.54 Å². The molecule has 2 aromatic rings. The number of carbonyl (C=O) groups excluding carboxylic acids is 1. The van der Waals surface area contributed by atoms with Gasteiger partial charge in [0.25, 0.3) is 0 Å². The van der Waals surface area contributed by atoms with E-state index in [1.807, 2.05) is 24.3 Å². The first kappa shape index (κ1) is 16.0. The zero-order valence-corrected chi connectivity index (χ0v) is 14.6. The fourth-order valence-corrected chi connectivity index (χ4v) is 3.99. The van der Waals surface area contributed by atoms with Crippen LogP contribution in [0.1, 0.15) is 30.4 Å². The first-order valence-electron chi connectivity index (χ1n) is 8.99. The van der Waals surface area contributed by atoms with Crippen molar-refractivity contribution in [3.63, 3.8) is 0 Å². The number of nitrogens with one attached hydrogen (secondary N) is 1. The number of fused-ring (bicyclic) bond motifs is 1. The largest absolute Gasteiger partial charge is 0.497 e. The number of ether oxygens (including phenoxy) is 1. The van der Waals surface area contributed by atoms with E-state index in [1.54, 1.807) is 7.11 Å². The second kappa shape index (κ2) is 6.43. The lowest BCUT2D eigenvalue weighted by Crippen LogP contribution is -2.53. The summed E-state index contributed by atoms with van der Waals surface area (Å²) in [7, 11) is 1.68. The number of hydrogen-bond donors (Lipinski definition) is 1. The molecule has 1 heterocycles. The minimum Gasteiger partial charge on any atom is -0.497 e. The molecular formula is C21H24N2O2. The number of rotatable bonds is 5. The first-order chi connectivity index (χ1) is 12.2. The Kier molecular flexibility index (Phi) is 4.12. The molecule has 2 aromatic carbocycles. The predicted molar refractivity (Wildman–Crippen MR) is 99.0 cm³/mol. The Balaban J connectivity index is 1.45. The van der Waals surface area contributed by atoms with Crippen LogP contribution in [0, 0.1) is 0 Å². The molecule has 0 bridgehead atoms. The molecule has 2 aliphatic rings. The summed E-state index contributed by atoms with van der Waals surface area (Å²) in [5.74, 6) is 0.981. The molecule has 4 heteroatoms. The van der Waals surface area contributed by atoms with E-state index in [-0.39, 0.29) is 11.4 Å². The molecule has 1 aliphatic carbocycles. The molecule has 4 nitrogen and oxygen atoms in total. The normalized spacial score (nSPS) is 17.6. The molecule has 0 atom stereocenters. The minimum atomic E-state index is -0.166. The van der Waals surface area contributed by atoms with Gasteiger partial charge in [-0.3, -0.25) is 4.79 Å². The average Bonchev–Trinajstić information content (AvgIpc) is 3.01. The zero-order valence-electron chi connectivity index (χ0n) is 14.6. The highest BCUT2D eigenvalue weighted by Gasteiger charge is 2.40. The van der Waals surface area contributed by atoms with Crippen molar-refractivity contribution in [2.75, 3.05) is 25.1 Å². The Hall–Kier alpha value is -2.49. The van der Waals surface area contributed by atoms with E-state index in [9.17, 15) is 4.79 Å². The maximum absolute atomic E-state index is 12.7. The van der Waals surface area contributed by atoms with Crippen molar-refractivity contribution in [3.8, 4) is 5.75 Å². The van der Waals surface area contributed by atoms with Crippen LogP contribution in [0.4, 0.5) is 5.69 Å². The molecule has 0 saturated heterocycles. The van der Waals surface area contributed by atoms with Gasteiger partial charge in [0.1, 0.15) is 5.75 Å². The number of amides is 1. The average molecular weight is 336 g/mol. The summed E-state index contributed by atoms with van der Waals surface area (Å²) in [6.07, 6.45) is 4.18. The van der Waals surface area contributed by atoms with E-state index in [0.717, 1.165) is 37.2 Å². The molecule has 1 amide bonds. The molecule has 1 saturated carbocycles. The van der Waals surface area contributed by atoms with Gasteiger partial charge < -0.3 is 15.0 Å². The highest BCUT2D eigenvalue weighted by molar-refractivity contribution is 5.83. The Morgan fingerprint density at radius 2 is 2.00 bits per heavy atom. The summed E-state index contributed by atoms with van der Waals surface area (Å²) in [6.45, 7) is 1.29. The van der Waals surface area contributed by atoms with Crippen LogP contribution in [0.2, 0.25) is 0 Å². The summed E-state index contributed by atoms with van der Waals surface area (Å²) >= 11 is 0. The van der Waals surface area contributed by atoms with Gasteiger partial charge in [-0.1, -0.05) is 30.3 Å². The van der Waals surface area contributed by atoms with Crippen LogP contribution in [-0.2, 0) is 16.8 Å². The number of hydrogen-bond acceptors (Lipinski definition) is 3. The minimum absolute atomic E-state index is 0.104. The lowest BCUT2D eigenvalue weighted by atomic mass is 9.72.